The number of piperidine rings is 1. The summed E-state index contributed by atoms with van der Waals surface area (Å²) in [6, 6.07) is 5.48. The summed E-state index contributed by atoms with van der Waals surface area (Å²) in [7, 11) is 0. The van der Waals surface area contributed by atoms with Crippen LogP contribution >= 0.6 is 0 Å². The molecule has 2 N–H and O–H groups in total. The van der Waals surface area contributed by atoms with Gasteiger partial charge < -0.3 is 20.1 Å². The van der Waals surface area contributed by atoms with E-state index in [1.807, 2.05) is 4.90 Å². The number of nitrogens with zero attached hydrogens (tertiary/aromatic N) is 1. The van der Waals surface area contributed by atoms with Gasteiger partial charge in [0.15, 0.2) is 0 Å². The zero-order chi connectivity index (χ0) is 25.4. The lowest BCUT2D eigenvalue weighted by atomic mass is 9.73. The van der Waals surface area contributed by atoms with Gasteiger partial charge in [0.25, 0.3) is 0 Å². The number of rotatable bonds is 5. The monoisotopic (exact) mass is 496 g/mol. The molecule has 3 fully saturated rings. The summed E-state index contributed by atoms with van der Waals surface area (Å²) >= 11 is 0. The Morgan fingerprint density at radius 2 is 1.80 bits per heavy atom. The molecule has 1 saturated carbocycles. The minimum absolute atomic E-state index is 0.159. The van der Waals surface area contributed by atoms with E-state index in [0.29, 0.717) is 49.5 Å². The predicted octanol–water partition coefficient (Wildman–Crippen LogP) is 4.72. The highest BCUT2D eigenvalue weighted by molar-refractivity contribution is 5.83. The average Bonchev–Trinajstić information content (AvgIpc) is 3.25. The van der Waals surface area contributed by atoms with E-state index in [0.717, 1.165) is 51.0 Å². The summed E-state index contributed by atoms with van der Waals surface area (Å²) in [6.07, 6.45) is -0.143. The normalized spacial score (nSPS) is 31.7. The Hall–Kier alpha value is -1.64. The Bertz CT molecular complexity index is 881. The maximum atomic E-state index is 13.8. The van der Waals surface area contributed by atoms with Gasteiger partial charge in [-0.1, -0.05) is 32.9 Å². The van der Waals surface area contributed by atoms with Crippen molar-refractivity contribution in [2.45, 2.75) is 83.2 Å². The van der Waals surface area contributed by atoms with Crippen molar-refractivity contribution in [1.29, 1.82) is 0 Å². The fourth-order valence-corrected chi connectivity index (χ4v) is 6.27. The van der Waals surface area contributed by atoms with Crippen LogP contribution in [0.5, 0.6) is 0 Å². The lowest BCUT2D eigenvalue weighted by Gasteiger charge is -2.43. The molecule has 2 heterocycles. The third-order valence-electron chi connectivity index (χ3n) is 8.80. The van der Waals surface area contributed by atoms with E-state index in [4.69, 9.17) is 4.74 Å². The Kier molecular flexibility index (Phi) is 7.56. The van der Waals surface area contributed by atoms with E-state index in [9.17, 15) is 23.1 Å². The zero-order valence-electron chi connectivity index (χ0n) is 21.0. The van der Waals surface area contributed by atoms with Gasteiger partial charge in [0.2, 0.25) is 5.91 Å². The number of carbonyl (C=O) groups is 1. The van der Waals surface area contributed by atoms with Crippen molar-refractivity contribution in [3.8, 4) is 0 Å². The van der Waals surface area contributed by atoms with Gasteiger partial charge in [-0.3, -0.25) is 4.79 Å². The van der Waals surface area contributed by atoms with Crippen molar-refractivity contribution in [3.63, 3.8) is 0 Å². The van der Waals surface area contributed by atoms with Crippen LogP contribution < -0.4 is 5.32 Å². The number of hydrogen-bond acceptors (Lipinski definition) is 4. The number of alkyl halides is 3. The molecule has 2 saturated heterocycles. The SMILES string of the molecule is CC1COCCC1NC1CCC(C(=O)N2CCC(O)(c3ccc(C(F)(F)F)cc3)CC2)(C(C)C)C1. The van der Waals surface area contributed by atoms with Crippen LogP contribution in [0.15, 0.2) is 24.3 Å². The summed E-state index contributed by atoms with van der Waals surface area (Å²) < 4.78 is 44.3. The number of amides is 1. The van der Waals surface area contributed by atoms with E-state index in [1.165, 1.54) is 12.1 Å². The van der Waals surface area contributed by atoms with E-state index in [1.54, 1.807) is 0 Å². The molecule has 3 aliphatic rings. The molecule has 0 spiro atoms. The van der Waals surface area contributed by atoms with Crippen molar-refractivity contribution in [2.75, 3.05) is 26.3 Å². The molecule has 4 unspecified atom stereocenters. The Labute approximate surface area is 206 Å². The van der Waals surface area contributed by atoms with Gasteiger partial charge in [-0.05, 0) is 68.1 Å². The number of ether oxygens (including phenoxy) is 1. The van der Waals surface area contributed by atoms with Gasteiger partial charge in [-0.2, -0.15) is 13.2 Å². The quantitative estimate of drug-likeness (QED) is 0.619. The third kappa shape index (κ3) is 5.39. The predicted molar refractivity (Wildman–Crippen MR) is 128 cm³/mol. The van der Waals surface area contributed by atoms with Crippen LogP contribution in [0.4, 0.5) is 13.2 Å². The highest BCUT2D eigenvalue weighted by atomic mass is 19.4. The van der Waals surface area contributed by atoms with Gasteiger partial charge >= 0.3 is 6.18 Å². The smallest absolute Gasteiger partial charge is 0.385 e. The molecular formula is C27H39F3N2O3. The number of carbonyl (C=O) groups excluding carboxylic acids is 1. The minimum Gasteiger partial charge on any atom is -0.385 e. The standard InChI is InChI=1S/C27H39F3N2O3/c1-18(2)25(10-8-22(16-25)31-23-9-15-35-17-19(23)3)24(33)32-13-11-26(34,12-14-32)20-4-6-21(7-5-20)27(28,29)30/h4-7,18-19,22-23,31,34H,8-17H2,1-3H3. The molecular weight excluding hydrogens is 457 g/mol. The Balaban J connectivity index is 1.39. The Morgan fingerprint density at radius 3 is 2.37 bits per heavy atom. The third-order valence-corrected chi connectivity index (χ3v) is 8.80. The largest absolute Gasteiger partial charge is 0.416 e. The lowest BCUT2D eigenvalue weighted by Crippen LogP contribution is -2.52. The topological polar surface area (TPSA) is 61.8 Å². The van der Waals surface area contributed by atoms with Crippen molar-refractivity contribution >= 4 is 5.91 Å². The van der Waals surface area contributed by atoms with Crippen LogP contribution in [0.2, 0.25) is 0 Å². The van der Waals surface area contributed by atoms with Gasteiger partial charge in [0.1, 0.15) is 0 Å². The first-order chi connectivity index (χ1) is 16.4. The molecule has 35 heavy (non-hydrogen) atoms. The minimum atomic E-state index is -4.40. The second-order valence-corrected chi connectivity index (χ2v) is 11.3. The fraction of sp³-hybridized carbons (Fsp3) is 0.741. The van der Waals surface area contributed by atoms with Crippen LogP contribution in [-0.4, -0.2) is 54.3 Å². The molecule has 4 rings (SSSR count). The Morgan fingerprint density at radius 1 is 1.14 bits per heavy atom. The summed E-state index contributed by atoms with van der Waals surface area (Å²) in [6.45, 7) is 8.81. The maximum absolute atomic E-state index is 13.8. The van der Waals surface area contributed by atoms with Crippen LogP contribution in [-0.2, 0) is 21.3 Å². The highest BCUT2D eigenvalue weighted by Crippen LogP contribution is 2.47. The summed E-state index contributed by atoms with van der Waals surface area (Å²) in [5, 5.41) is 15.0. The molecule has 1 aliphatic carbocycles. The van der Waals surface area contributed by atoms with Gasteiger partial charge in [0, 0.05) is 31.8 Å². The second kappa shape index (κ2) is 10.0. The molecule has 8 heteroatoms. The van der Waals surface area contributed by atoms with Crippen LogP contribution in [0.1, 0.15) is 70.4 Å². The van der Waals surface area contributed by atoms with E-state index >= 15 is 0 Å². The van der Waals surface area contributed by atoms with Crippen LogP contribution in [0.25, 0.3) is 0 Å². The highest BCUT2D eigenvalue weighted by Gasteiger charge is 2.50. The van der Waals surface area contributed by atoms with Crippen LogP contribution in [0.3, 0.4) is 0 Å². The van der Waals surface area contributed by atoms with Crippen molar-refractivity contribution in [2.24, 2.45) is 17.3 Å². The molecule has 0 aromatic heterocycles. The number of hydrogen-bond donors (Lipinski definition) is 2. The van der Waals surface area contributed by atoms with Gasteiger partial charge in [-0.25, -0.2) is 0 Å². The molecule has 2 aliphatic heterocycles. The number of nitrogens with one attached hydrogen (secondary N) is 1. The molecule has 0 radical (unpaired) electrons. The first-order valence-electron chi connectivity index (χ1n) is 13.0. The zero-order valence-corrected chi connectivity index (χ0v) is 21.0. The van der Waals surface area contributed by atoms with Crippen LogP contribution in [0, 0.1) is 17.3 Å². The molecule has 1 aromatic rings. The summed E-state index contributed by atoms with van der Waals surface area (Å²) in [5.74, 6) is 0.814. The molecule has 5 nitrogen and oxygen atoms in total. The van der Waals surface area contributed by atoms with Crippen molar-refractivity contribution in [3.05, 3.63) is 35.4 Å². The summed E-state index contributed by atoms with van der Waals surface area (Å²) in [4.78, 5) is 15.7. The lowest BCUT2D eigenvalue weighted by molar-refractivity contribution is -0.149. The second-order valence-electron chi connectivity index (χ2n) is 11.3. The molecule has 0 bridgehead atoms. The average molecular weight is 497 g/mol. The van der Waals surface area contributed by atoms with Gasteiger partial charge in [-0.15, -0.1) is 0 Å². The fourth-order valence-electron chi connectivity index (χ4n) is 6.27. The molecule has 4 atom stereocenters. The number of likely N-dealkylation sites (tertiary alicyclic amines) is 1. The van der Waals surface area contributed by atoms with E-state index in [2.05, 4.69) is 26.1 Å². The molecule has 1 amide bonds. The van der Waals surface area contributed by atoms with Crippen molar-refractivity contribution in [1.82, 2.24) is 10.2 Å². The van der Waals surface area contributed by atoms with Gasteiger partial charge in [0.05, 0.1) is 23.2 Å². The summed E-state index contributed by atoms with van der Waals surface area (Å²) in [5.41, 5.74) is -1.89. The number of aliphatic hydroxyl groups is 1. The number of halogens is 3. The maximum Gasteiger partial charge on any atom is 0.416 e. The number of benzene rings is 1. The molecule has 1 aromatic carbocycles. The first-order valence-corrected chi connectivity index (χ1v) is 13.0. The van der Waals surface area contributed by atoms with E-state index < -0.39 is 22.8 Å². The van der Waals surface area contributed by atoms with Crippen molar-refractivity contribution < 1.29 is 27.8 Å². The first kappa shape index (κ1) is 26.4. The van der Waals surface area contributed by atoms with E-state index in [-0.39, 0.29) is 11.8 Å². The molecule has 196 valence electrons.